The molecule has 1 unspecified atom stereocenters. The van der Waals surface area contributed by atoms with Crippen molar-refractivity contribution < 1.29 is 14.3 Å². The van der Waals surface area contributed by atoms with E-state index in [1.807, 2.05) is 0 Å². The summed E-state index contributed by atoms with van der Waals surface area (Å²) >= 11 is 0. The first-order valence-corrected chi connectivity index (χ1v) is 8.79. The van der Waals surface area contributed by atoms with Gasteiger partial charge in [-0.1, -0.05) is 24.3 Å². The van der Waals surface area contributed by atoms with Gasteiger partial charge in [0.1, 0.15) is 11.7 Å². The topological polar surface area (TPSA) is 49.9 Å². The third-order valence-electron chi connectivity index (χ3n) is 5.15. The van der Waals surface area contributed by atoms with E-state index in [0.717, 1.165) is 45.6 Å². The summed E-state index contributed by atoms with van der Waals surface area (Å²) in [5.74, 6) is -0.964. The Morgan fingerprint density at radius 1 is 1.12 bits per heavy atom. The first kappa shape index (κ1) is 17.1. The van der Waals surface area contributed by atoms with Gasteiger partial charge in [0.2, 0.25) is 0 Å². The van der Waals surface area contributed by atoms with E-state index >= 15 is 0 Å². The number of nitrogens with zero attached hydrogens (tertiary/aromatic N) is 2. The molecule has 3 rings (SSSR count). The number of likely N-dealkylation sites (tertiary alicyclic amines) is 1. The molecule has 5 nitrogen and oxygen atoms in total. The molecule has 130 valence electrons. The van der Waals surface area contributed by atoms with Crippen LogP contribution in [0.2, 0.25) is 0 Å². The van der Waals surface area contributed by atoms with Crippen LogP contribution in [0.5, 0.6) is 0 Å². The lowest BCUT2D eigenvalue weighted by Crippen LogP contribution is -2.45. The zero-order valence-electron chi connectivity index (χ0n) is 14.4. The second kappa shape index (κ2) is 7.90. The zero-order chi connectivity index (χ0) is 16.9. The van der Waals surface area contributed by atoms with Crippen molar-refractivity contribution in [2.45, 2.75) is 25.8 Å². The summed E-state index contributed by atoms with van der Waals surface area (Å²) in [5, 5.41) is 0. The van der Waals surface area contributed by atoms with Gasteiger partial charge in [0.25, 0.3) is 0 Å². The van der Waals surface area contributed by atoms with Crippen LogP contribution < -0.4 is 0 Å². The number of Topliss-reactive ketones (excluding diaryl/α,β-unsaturated/α-hetero) is 1. The molecule has 0 aromatic heterocycles. The number of carbonyl (C=O) groups excluding carboxylic acids is 2. The molecule has 1 saturated heterocycles. The summed E-state index contributed by atoms with van der Waals surface area (Å²) in [7, 11) is 1.35. The molecule has 5 heteroatoms. The van der Waals surface area contributed by atoms with E-state index in [1.165, 1.54) is 18.2 Å². The van der Waals surface area contributed by atoms with Crippen LogP contribution in [0.4, 0.5) is 0 Å². The van der Waals surface area contributed by atoms with Crippen LogP contribution in [0.25, 0.3) is 0 Å². The summed E-state index contributed by atoms with van der Waals surface area (Å²) < 4.78 is 4.75. The Bertz CT molecular complexity index is 594. The van der Waals surface area contributed by atoms with Crippen molar-refractivity contribution in [3.05, 3.63) is 35.4 Å². The minimum absolute atomic E-state index is 0.0192. The molecule has 2 heterocycles. The Balaban J connectivity index is 1.44. The molecular formula is C19H26N2O3. The third-order valence-corrected chi connectivity index (χ3v) is 5.15. The monoisotopic (exact) mass is 330 g/mol. The van der Waals surface area contributed by atoms with E-state index in [-0.39, 0.29) is 5.78 Å². The number of piperidine rings is 1. The summed E-state index contributed by atoms with van der Waals surface area (Å²) in [4.78, 5) is 28.2. The molecule has 0 amide bonds. The fraction of sp³-hybridized carbons (Fsp3) is 0.579. The van der Waals surface area contributed by atoms with Crippen molar-refractivity contribution >= 4 is 11.8 Å². The van der Waals surface area contributed by atoms with Crippen LogP contribution in [-0.4, -0.2) is 61.4 Å². The lowest BCUT2D eigenvalue weighted by atomic mass is 9.96. The van der Waals surface area contributed by atoms with Gasteiger partial charge >= 0.3 is 5.97 Å². The Labute approximate surface area is 143 Å². The number of hydrogen-bond donors (Lipinski definition) is 0. The number of fused-ring (bicyclic) bond motifs is 1. The number of esters is 1. The highest BCUT2D eigenvalue weighted by atomic mass is 16.5. The van der Waals surface area contributed by atoms with E-state index in [4.69, 9.17) is 4.74 Å². The number of hydrogen-bond acceptors (Lipinski definition) is 5. The third kappa shape index (κ3) is 4.02. The summed E-state index contributed by atoms with van der Waals surface area (Å²) in [5.41, 5.74) is 2.92. The standard InChI is InChI=1S/C19H26N2O3/c1-24-19(23)17-14-21(12-8-18(17)22)10-4-9-20-11-7-15-5-2-3-6-16(15)13-20/h2-3,5-6,17H,4,7-14H2,1H3. The second-order valence-electron chi connectivity index (χ2n) is 6.74. The molecule has 1 fully saturated rings. The smallest absolute Gasteiger partial charge is 0.317 e. The molecule has 1 atom stereocenters. The van der Waals surface area contributed by atoms with Crippen molar-refractivity contribution in [3.63, 3.8) is 0 Å². The van der Waals surface area contributed by atoms with Gasteiger partial charge in [-0.15, -0.1) is 0 Å². The Kier molecular flexibility index (Phi) is 5.63. The predicted molar refractivity (Wildman–Crippen MR) is 91.6 cm³/mol. The first-order valence-electron chi connectivity index (χ1n) is 8.79. The van der Waals surface area contributed by atoms with E-state index in [9.17, 15) is 9.59 Å². The van der Waals surface area contributed by atoms with Crippen LogP contribution in [0.1, 0.15) is 24.0 Å². The average Bonchev–Trinajstić information content (AvgIpc) is 2.62. The van der Waals surface area contributed by atoms with Gasteiger partial charge in [-0.05, 0) is 37.1 Å². The zero-order valence-corrected chi connectivity index (χ0v) is 14.4. The highest BCUT2D eigenvalue weighted by molar-refractivity contribution is 5.99. The van der Waals surface area contributed by atoms with Crippen molar-refractivity contribution in [3.8, 4) is 0 Å². The molecule has 2 aliphatic rings. The Morgan fingerprint density at radius 2 is 1.83 bits per heavy atom. The minimum Gasteiger partial charge on any atom is -0.468 e. The highest BCUT2D eigenvalue weighted by Crippen LogP contribution is 2.19. The lowest BCUT2D eigenvalue weighted by molar-refractivity contribution is -0.151. The summed E-state index contributed by atoms with van der Waals surface area (Å²) in [6.07, 6.45) is 2.64. The highest BCUT2D eigenvalue weighted by Gasteiger charge is 2.33. The predicted octanol–water partition coefficient (Wildman–Crippen LogP) is 1.50. The SMILES string of the molecule is COC(=O)C1CN(CCCN2CCc3ccccc3C2)CCC1=O. The number of carbonyl (C=O) groups is 2. The van der Waals surface area contributed by atoms with Crippen LogP contribution in [0.15, 0.2) is 24.3 Å². The van der Waals surface area contributed by atoms with Crippen molar-refractivity contribution in [2.75, 3.05) is 39.8 Å². The molecule has 1 aromatic rings. The average molecular weight is 330 g/mol. The molecule has 0 radical (unpaired) electrons. The van der Waals surface area contributed by atoms with Crippen LogP contribution in [-0.2, 0) is 27.3 Å². The lowest BCUT2D eigenvalue weighted by Gasteiger charge is -2.32. The molecule has 24 heavy (non-hydrogen) atoms. The molecule has 0 spiro atoms. The summed E-state index contributed by atoms with van der Waals surface area (Å²) in [6.45, 7) is 5.39. The van der Waals surface area contributed by atoms with E-state index in [0.29, 0.717) is 13.0 Å². The number of benzene rings is 1. The maximum atomic E-state index is 11.8. The molecule has 2 aliphatic heterocycles. The Morgan fingerprint density at radius 3 is 2.62 bits per heavy atom. The fourth-order valence-corrected chi connectivity index (χ4v) is 3.71. The van der Waals surface area contributed by atoms with Gasteiger partial charge in [0.05, 0.1) is 7.11 Å². The number of methoxy groups -OCH3 is 1. The minimum atomic E-state index is -0.592. The van der Waals surface area contributed by atoms with Gasteiger partial charge < -0.3 is 9.64 Å². The van der Waals surface area contributed by atoms with Crippen LogP contribution in [0.3, 0.4) is 0 Å². The first-order chi connectivity index (χ1) is 11.7. The number of rotatable bonds is 5. The summed E-state index contributed by atoms with van der Waals surface area (Å²) in [6, 6.07) is 8.67. The van der Waals surface area contributed by atoms with Gasteiger partial charge in [-0.25, -0.2) is 0 Å². The van der Waals surface area contributed by atoms with Gasteiger partial charge in [-0.3, -0.25) is 14.5 Å². The normalized spacial score (nSPS) is 22.2. The van der Waals surface area contributed by atoms with E-state index < -0.39 is 11.9 Å². The number of ketones is 1. The maximum Gasteiger partial charge on any atom is 0.317 e. The van der Waals surface area contributed by atoms with Gasteiger partial charge in [0.15, 0.2) is 0 Å². The molecule has 0 N–H and O–H groups in total. The van der Waals surface area contributed by atoms with Crippen molar-refractivity contribution in [2.24, 2.45) is 5.92 Å². The van der Waals surface area contributed by atoms with Crippen LogP contribution in [0, 0.1) is 5.92 Å². The van der Waals surface area contributed by atoms with Gasteiger partial charge in [0, 0.05) is 32.6 Å². The number of ether oxygens (including phenoxy) is 1. The van der Waals surface area contributed by atoms with E-state index in [1.54, 1.807) is 0 Å². The van der Waals surface area contributed by atoms with Crippen LogP contribution >= 0.6 is 0 Å². The molecular weight excluding hydrogens is 304 g/mol. The molecule has 0 bridgehead atoms. The molecule has 0 aliphatic carbocycles. The molecule has 0 saturated carbocycles. The quantitative estimate of drug-likeness (QED) is 0.605. The fourth-order valence-electron chi connectivity index (χ4n) is 3.71. The van der Waals surface area contributed by atoms with Crippen molar-refractivity contribution in [1.82, 2.24) is 9.80 Å². The van der Waals surface area contributed by atoms with Crippen molar-refractivity contribution in [1.29, 1.82) is 0 Å². The Hall–Kier alpha value is -1.72. The van der Waals surface area contributed by atoms with E-state index in [2.05, 4.69) is 34.1 Å². The maximum absolute atomic E-state index is 11.8. The largest absolute Gasteiger partial charge is 0.468 e. The van der Waals surface area contributed by atoms with Gasteiger partial charge in [-0.2, -0.15) is 0 Å². The molecule has 1 aromatic carbocycles. The second-order valence-corrected chi connectivity index (χ2v) is 6.74.